The van der Waals surface area contributed by atoms with Gasteiger partial charge in [0.15, 0.2) is 0 Å². The first-order valence-electron chi connectivity index (χ1n) is 10.6. The van der Waals surface area contributed by atoms with Crippen molar-refractivity contribution in [2.45, 2.75) is 43.9 Å². The van der Waals surface area contributed by atoms with Gasteiger partial charge in [0.25, 0.3) is 0 Å². The Hall–Kier alpha value is -1.59. The first-order chi connectivity index (χ1) is 13.6. The molecule has 0 atom stereocenters. The molecule has 0 N–H and O–H groups in total. The fraction of sp³-hybridized carbons (Fsp3) is 0.636. The molecule has 3 fully saturated rings. The zero-order chi connectivity index (χ0) is 19.6. The van der Waals surface area contributed by atoms with Crippen molar-refractivity contribution in [2.75, 3.05) is 45.8 Å². The molecule has 2 heterocycles. The fourth-order valence-electron chi connectivity index (χ4n) is 5.06. The molecular formula is C22H30ClN3O2. The molecule has 152 valence electrons. The van der Waals surface area contributed by atoms with E-state index < -0.39 is 5.41 Å². The van der Waals surface area contributed by atoms with Gasteiger partial charge in [-0.3, -0.25) is 14.5 Å². The third kappa shape index (κ3) is 3.92. The van der Waals surface area contributed by atoms with E-state index in [0.29, 0.717) is 24.7 Å². The molecule has 2 saturated heterocycles. The summed E-state index contributed by atoms with van der Waals surface area (Å²) < 4.78 is 0. The topological polar surface area (TPSA) is 43.9 Å². The SMILES string of the molecule is O=C(CN1CCN(C(=O)C2(c3cccc(Cl)c3)CCCC2)CC1)N1CCCC1. The van der Waals surface area contributed by atoms with Crippen molar-refractivity contribution in [3.63, 3.8) is 0 Å². The third-order valence-corrected chi connectivity index (χ3v) is 6.96. The normalized spacial score (nSPS) is 22.6. The summed E-state index contributed by atoms with van der Waals surface area (Å²) in [5.74, 6) is 0.487. The van der Waals surface area contributed by atoms with Crippen molar-refractivity contribution in [3.05, 3.63) is 34.9 Å². The van der Waals surface area contributed by atoms with Crippen LogP contribution in [-0.4, -0.2) is 72.3 Å². The lowest BCUT2D eigenvalue weighted by Crippen LogP contribution is -2.55. The number of likely N-dealkylation sites (tertiary alicyclic amines) is 1. The van der Waals surface area contributed by atoms with Gasteiger partial charge >= 0.3 is 0 Å². The number of nitrogens with zero attached hydrogens (tertiary/aromatic N) is 3. The van der Waals surface area contributed by atoms with Gasteiger partial charge in [0, 0.05) is 44.3 Å². The Labute approximate surface area is 172 Å². The van der Waals surface area contributed by atoms with Crippen LogP contribution in [0.2, 0.25) is 5.02 Å². The Morgan fingerprint density at radius 1 is 0.893 bits per heavy atom. The van der Waals surface area contributed by atoms with Gasteiger partial charge in [-0.1, -0.05) is 36.6 Å². The minimum absolute atomic E-state index is 0.239. The molecule has 1 saturated carbocycles. The lowest BCUT2D eigenvalue weighted by atomic mass is 9.77. The van der Waals surface area contributed by atoms with Gasteiger partial charge < -0.3 is 9.80 Å². The zero-order valence-electron chi connectivity index (χ0n) is 16.5. The monoisotopic (exact) mass is 403 g/mol. The predicted octanol–water partition coefficient (Wildman–Crippen LogP) is 2.92. The van der Waals surface area contributed by atoms with Gasteiger partial charge in [0.1, 0.15) is 0 Å². The Bertz CT molecular complexity index is 718. The second-order valence-electron chi connectivity index (χ2n) is 8.46. The Balaban J connectivity index is 1.39. The summed E-state index contributed by atoms with van der Waals surface area (Å²) in [5.41, 5.74) is 0.646. The highest BCUT2D eigenvalue weighted by Gasteiger charge is 2.45. The lowest BCUT2D eigenvalue weighted by molar-refractivity contribution is -0.139. The quantitative estimate of drug-likeness (QED) is 0.776. The van der Waals surface area contributed by atoms with E-state index in [1.54, 1.807) is 0 Å². The molecule has 3 aliphatic rings. The molecule has 28 heavy (non-hydrogen) atoms. The third-order valence-electron chi connectivity index (χ3n) is 6.72. The smallest absolute Gasteiger partial charge is 0.236 e. The maximum absolute atomic E-state index is 13.6. The summed E-state index contributed by atoms with van der Waals surface area (Å²) in [4.78, 5) is 32.2. The van der Waals surface area contributed by atoms with E-state index in [-0.39, 0.29) is 11.8 Å². The van der Waals surface area contributed by atoms with Crippen molar-refractivity contribution < 1.29 is 9.59 Å². The fourth-order valence-corrected chi connectivity index (χ4v) is 5.25. The molecule has 4 rings (SSSR count). The Kier molecular flexibility index (Phi) is 5.93. The van der Waals surface area contributed by atoms with Crippen LogP contribution in [0, 0.1) is 0 Å². The second-order valence-corrected chi connectivity index (χ2v) is 8.89. The van der Waals surface area contributed by atoms with Gasteiger partial charge in [-0.05, 0) is 43.4 Å². The molecule has 1 aromatic rings. The zero-order valence-corrected chi connectivity index (χ0v) is 17.3. The average Bonchev–Trinajstić information content (AvgIpc) is 3.41. The number of amides is 2. The van der Waals surface area contributed by atoms with Crippen LogP contribution in [0.15, 0.2) is 24.3 Å². The summed E-state index contributed by atoms with van der Waals surface area (Å²) in [6.07, 6.45) is 6.23. The van der Waals surface area contributed by atoms with E-state index in [1.807, 2.05) is 28.0 Å². The lowest BCUT2D eigenvalue weighted by Gasteiger charge is -2.40. The molecular weight excluding hydrogens is 374 g/mol. The molecule has 0 spiro atoms. The predicted molar refractivity (Wildman–Crippen MR) is 110 cm³/mol. The molecule has 1 aliphatic carbocycles. The van der Waals surface area contributed by atoms with Crippen molar-refractivity contribution in [1.82, 2.24) is 14.7 Å². The molecule has 0 bridgehead atoms. The summed E-state index contributed by atoms with van der Waals surface area (Å²) in [6.45, 7) is 5.25. The standard InChI is InChI=1S/C22H30ClN3O2/c23-19-7-5-6-18(16-19)22(8-1-2-9-22)21(28)26-14-12-24(13-15-26)17-20(27)25-10-3-4-11-25/h5-7,16H,1-4,8-15,17H2. The summed E-state index contributed by atoms with van der Waals surface area (Å²) >= 11 is 6.23. The number of hydrogen-bond donors (Lipinski definition) is 0. The molecule has 0 aromatic heterocycles. The number of carbonyl (C=O) groups excluding carboxylic acids is 2. The highest BCUT2D eigenvalue weighted by molar-refractivity contribution is 6.30. The van der Waals surface area contributed by atoms with Crippen LogP contribution in [0.3, 0.4) is 0 Å². The molecule has 0 unspecified atom stereocenters. The Morgan fingerprint density at radius 2 is 1.57 bits per heavy atom. The first kappa shape index (κ1) is 19.7. The highest BCUT2D eigenvalue weighted by Crippen LogP contribution is 2.43. The van der Waals surface area contributed by atoms with Crippen LogP contribution in [0.5, 0.6) is 0 Å². The van der Waals surface area contributed by atoms with Crippen LogP contribution >= 0.6 is 11.6 Å². The summed E-state index contributed by atoms with van der Waals surface area (Å²) in [7, 11) is 0. The summed E-state index contributed by atoms with van der Waals surface area (Å²) in [6, 6.07) is 7.84. The highest BCUT2D eigenvalue weighted by atomic mass is 35.5. The number of benzene rings is 1. The second kappa shape index (κ2) is 8.42. The van der Waals surface area contributed by atoms with Crippen LogP contribution < -0.4 is 0 Å². The van der Waals surface area contributed by atoms with E-state index in [0.717, 1.165) is 70.3 Å². The van der Waals surface area contributed by atoms with Crippen molar-refractivity contribution in [3.8, 4) is 0 Å². The molecule has 5 nitrogen and oxygen atoms in total. The van der Waals surface area contributed by atoms with Gasteiger partial charge in [0.2, 0.25) is 11.8 Å². The number of carbonyl (C=O) groups is 2. The minimum atomic E-state index is -0.418. The number of piperazine rings is 1. The number of rotatable bonds is 4. The maximum Gasteiger partial charge on any atom is 0.236 e. The average molecular weight is 404 g/mol. The van der Waals surface area contributed by atoms with Gasteiger partial charge in [-0.15, -0.1) is 0 Å². The largest absolute Gasteiger partial charge is 0.342 e. The molecule has 0 radical (unpaired) electrons. The van der Waals surface area contributed by atoms with E-state index in [1.165, 1.54) is 0 Å². The molecule has 6 heteroatoms. The summed E-state index contributed by atoms with van der Waals surface area (Å²) in [5, 5.41) is 0.696. The van der Waals surface area contributed by atoms with E-state index >= 15 is 0 Å². The van der Waals surface area contributed by atoms with Gasteiger partial charge in [-0.25, -0.2) is 0 Å². The number of halogens is 1. The van der Waals surface area contributed by atoms with Crippen molar-refractivity contribution in [1.29, 1.82) is 0 Å². The van der Waals surface area contributed by atoms with Crippen LogP contribution in [0.25, 0.3) is 0 Å². The van der Waals surface area contributed by atoms with Crippen molar-refractivity contribution >= 4 is 23.4 Å². The first-order valence-corrected chi connectivity index (χ1v) is 11.0. The van der Waals surface area contributed by atoms with Gasteiger partial charge in [0.05, 0.1) is 12.0 Å². The van der Waals surface area contributed by atoms with Crippen LogP contribution in [0.4, 0.5) is 0 Å². The van der Waals surface area contributed by atoms with E-state index in [9.17, 15) is 9.59 Å². The van der Waals surface area contributed by atoms with E-state index in [4.69, 9.17) is 11.6 Å². The molecule has 1 aromatic carbocycles. The van der Waals surface area contributed by atoms with Crippen LogP contribution in [0.1, 0.15) is 44.1 Å². The van der Waals surface area contributed by atoms with Crippen LogP contribution in [-0.2, 0) is 15.0 Å². The molecule has 2 amide bonds. The minimum Gasteiger partial charge on any atom is -0.342 e. The molecule has 2 aliphatic heterocycles. The maximum atomic E-state index is 13.6. The van der Waals surface area contributed by atoms with Crippen molar-refractivity contribution in [2.24, 2.45) is 0 Å². The Morgan fingerprint density at radius 3 is 2.21 bits per heavy atom. The number of hydrogen-bond acceptors (Lipinski definition) is 3. The van der Waals surface area contributed by atoms with Gasteiger partial charge in [-0.2, -0.15) is 0 Å². The van der Waals surface area contributed by atoms with E-state index in [2.05, 4.69) is 11.0 Å².